The zero-order chi connectivity index (χ0) is 25.2. The Labute approximate surface area is 207 Å². The molecule has 2 aromatic carbocycles. The maximum Gasteiger partial charge on any atom is 0.288 e. The van der Waals surface area contributed by atoms with E-state index >= 15 is 4.39 Å². The number of nitrogens with one attached hydrogen (secondary N) is 2. The number of carbonyl (C=O) groups excluding carboxylic acids is 1. The molecule has 4 aromatic rings. The first kappa shape index (κ1) is 23.3. The van der Waals surface area contributed by atoms with Crippen LogP contribution in [0.25, 0.3) is 15.7 Å². The Morgan fingerprint density at radius 2 is 1.92 bits per heavy atom. The van der Waals surface area contributed by atoms with Gasteiger partial charge in [-0.05, 0) is 49.4 Å². The molecular weight excluding hydrogens is 461 g/mol. The average Bonchev–Trinajstić information content (AvgIpc) is 3.24. The molecule has 182 valence electrons. The van der Waals surface area contributed by atoms with Crippen molar-refractivity contribution in [3.8, 4) is 11.6 Å². The molecule has 1 aliphatic heterocycles. The Bertz CT molecular complexity index is 1490. The van der Waals surface area contributed by atoms with E-state index in [1.165, 1.54) is 23.9 Å². The lowest BCUT2D eigenvalue weighted by molar-refractivity contribution is 0.0939. The van der Waals surface area contributed by atoms with E-state index in [0.29, 0.717) is 11.2 Å². The summed E-state index contributed by atoms with van der Waals surface area (Å²) in [6, 6.07) is 12.5. The molecule has 0 bridgehead atoms. The molecule has 0 unspecified atom stereocenters. The molecule has 9 nitrogen and oxygen atoms in total. The van der Waals surface area contributed by atoms with E-state index < -0.39 is 5.82 Å². The van der Waals surface area contributed by atoms with Gasteiger partial charge in [-0.2, -0.15) is 0 Å². The van der Waals surface area contributed by atoms with Crippen LogP contribution in [0.1, 0.15) is 17.4 Å². The summed E-state index contributed by atoms with van der Waals surface area (Å²) in [5.74, 6) is -0.759. The first-order valence-electron chi connectivity index (χ1n) is 11.5. The number of fused-ring (bicyclic) bond motifs is 1. The molecule has 2 N–H and O–H groups in total. The molecule has 0 saturated carbocycles. The van der Waals surface area contributed by atoms with Gasteiger partial charge in [0.05, 0.1) is 12.1 Å². The molecule has 5 rings (SSSR count). The summed E-state index contributed by atoms with van der Waals surface area (Å²) in [6.07, 6.45) is 1.26. The topological polar surface area (TPSA) is 88.7 Å². The Balaban J connectivity index is 1.41. The van der Waals surface area contributed by atoms with Gasteiger partial charge in [0.2, 0.25) is 11.8 Å². The second-order valence-electron chi connectivity index (χ2n) is 8.45. The quantitative estimate of drug-likeness (QED) is 0.383. The van der Waals surface area contributed by atoms with Gasteiger partial charge in [-0.25, -0.2) is 19.2 Å². The molecule has 3 heterocycles. The summed E-state index contributed by atoms with van der Waals surface area (Å²) in [6.45, 7) is 14.6. The van der Waals surface area contributed by atoms with Crippen LogP contribution in [-0.2, 0) is 0 Å². The van der Waals surface area contributed by atoms with Crippen LogP contribution in [-0.4, -0.2) is 46.6 Å². The summed E-state index contributed by atoms with van der Waals surface area (Å²) in [4.78, 5) is 26.1. The number of rotatable bonds is 5. The van der Waals surface area contributed by atoms with Gasteiger partial charge in [0.1, 0.15) is 12.1 Å². The third-order valence-corrected chi connectivity index (χ3v) is 6.10. The second kappa shape index (κ2) is 9.64. The molecule has 2 aromatic heterocycles. The van der Waals surface area contributed by atoms with Gasteiger partial charge in [-0.1, -0.05) is 0 Å². The van der Waals surface area contributed by atoms with Crippen molar-refractivity contribution in [2.24, 2.45) is 0 Å². The molecule has 0 amide bonds. The van der Waals surface area contributed by atoms with Gasteiger partial charge in [-0.3, -0.25) is 9.36 Å². The van der Waals surface area contributed by atoms with E-state index in [1.807, 2.05) is 24.3 Å². The van der Waals surface area contributed by atoms with Gasteiger partial charge in [0.25, 0.3) is 5.69 Å². The van der Waals surface area contributed by atoms with E-state index in [0.717, 1.165) is 37.6 Å². The monoisotopic (exact) mass is 485 g/mol. The average molecular weight is 486 g/mol. The zero-order valence-corrected chi connectivity index (χ0v) is 19.9. The molecule has 1 aliphatic rings. The summed E-state index contributed by atoms with van der Waals surface area (Å²) >= 11 is 0. The molecular formula is C26H24FN7O2. The highest BCUT2D eigenvalue weighted by Crippen LogP contribution is 2.38. The maximum absolute atomic E-state index is 15.3. The number of ether oxygens (including phenoxy) is 1. The van der Waals surface area contributed by atoms with Crippen molar-refractivity contribution in [1.82, 2.24) is 19.9 Å². The van der Waals surface area contributed by atoms with Crippen molar-refractivity contribution in [3.63, 3.8) is 0 Å². The normalized spacial score (nSPS) is 13.4. The van der Waals surface area contributed by atoms with Crippen molar-refractivity contribution >= 4 is 39.7 Å². The SMILES string of the molecule is [C-]#[N+]c1c(Nc2ccc(N3CCNCC3)cc2)ncnc1Oc1ccc2c(cc(C)n2C(C)=O)c1F. The molecule has 0 spiro atoms. The van der Waals surface area contributed by atoms with Gasteiger partial charge in [0.15, 0.2) is 11.6 Å². The maximum atomic E-state index is 15.3. The van der Waals surface area contributed by atoms with Crippen LogP contribution >= 0.6 is 0 Å². The first-order valence-corrected chi connectivity index (χ1v) is 11.5. The highest BCUT2D eigenvalue weighted by atomic mass is 19.1. The number of carbonyl (C=O) groups is 1. The highest BCUT2D eigenvalue weighted by molar-refractivity contribution is 5.94. The minimum atomic E-state index is -0.636. The lowest BCUT2D eigenvalue weighted by Crippen LogP contribution is -2.43. The predicted octanol–water partition coefficient (Wildman–Crippen LogP) is 5.04. The third kappa shape index (κ3) is 4.32. The number of hydrogen-bond acceptors (Lipinski definition) is 7. The number of aryl methyl sites for hydroxylation is 1. The molecule has 1 fully saturated rings. The summed E-state index contributed by atoms with van der Waals surface area (Å²) in [5.41, 5.74) is 2.97. The molecule has 0 atom stereocenters. The Morgan fingerprint density at radius 1 is 1.17 bits per heavy atom. The van der Waals surface area contributed by atoms with Crippen molar-refractivity contribution < 1.29 is 13.9 Å². The fraction of sp³-hybridized carbons (Fsp3) is 0.231. The van der Waals surface area contributed by atoms with Gasteiger partial charge < -0.3 is 20.3 Å². The van der Waals surface area contributed by atoms with Crippen LogP contribution in [0.15, 0.2) is 48.8 Å². The van der Waals surface area contributed by atoms with E-state index in [1.54, 1.807) is 19.1 Å². The largest absolute Gasteiger partial charge is 0.446 e. The number of benzene rings is 2. The third-order valence-electron chi connectivity index (χ3n) is 6.10. The van der Waals surface area contributed by atoms with E-state index in [2.05, 4.69) is 30.3 Å². The molecule has 36 heavy (non-hydrogen) atoms. The van der Waals surface area contributed by atoms with Crippen LogP contribution in [0.2, 0.25) is 0 Å². The standard InChI is InChI=1S/C26H24FN7O2/c1-16-14-20-21(34(16)17(2)35)8-9-22(23(20)27)36-26-24(28-3)25(30-15-31-26)32-18-4-6-19(7-5-18)33-12-10-29-11-13-33/h4-9,14-15,29H,10-13H2,1-2H3,(H,30,31,32). The van der Waals surface area contributed by atoms with Crippen molar-refractivity contribution in [1.29, 1.82) is 0 Å². The fourth-order valence-electron chi connectivity index (χ4n) is 4.40. The van der Waals surface area contributed by atoms with Gasteiger partial charge in [-0.15, -0.1) is 0 Å². The smallest absolute Gasteiger partial charge is 0.288 e. The predicted molar refractivity (Wildman–Crippen MR) is 136 cm³/mol. The number of hydrogen-bond donors (Lipinski definition) is 2. The number of halogens is 1. The highest BCUT2D eigenvalue weighted by Gasteiger charge is 2.20. The lowest BCUT2D eigenvalue weighted by Gasteiger charge is -2.29. The minimum absolute atomic E-state index is 0.0284. The lowest BCUT2D eigenvalue weighted by atomic mass is 10.2. The summed E-state index contributed by atoms with van der Waals surface area (Å²) in [5, 5.41) is 6.73. The van der Waals surface area contributed by atoms with E-state index in [-0.39, 0.29) is 34.4 Å². The first-order chi connectivity index (χ1) is 17.5. The van der Waals surface area contributed by atoms with E-state index in [9.17, 15) is 4.79 Å². The second-order valence-corrected chi connectivity index (χ2v) is 8.45. The van der Waals surface area contributed by atoms with Crippen LogP contribution in [0.5, 0.6) is 11.6 Å². The Kier molecular flexibility index (Phi) is 6.23. The van der Waals surface area contributed by atoms with E-state index in [4.69, 9.17) is 11.3 Å². The number of piperazine rings is 1. The number of aromatic nitrogens is 3. The van der Waals surface area contributed by atoms with Crippen LogP contribution in [0.3, 0.4) is 0 Å². The molecule has 0 aliphatic carbocycles. The van der Waals surface area contributed by atoms with Crippen molar-refractivity contribution in [3.05, 3.63) is 71.7 Å². The Hall–Kier alpha value is -4.49. The van der Waals surface area contributed by atoms with Gasteiger partial charge >= 0.3 is 0 Å². The van der Waals surface area contributed by atoms with Crippen molar-refractivity contribution in [2.45, 2.75) is 13.8 Å². The molecule has 10 heteroatoms. The van der Waals surface area contributed by atoms with Crippen LogP contribution < -0.4 is 20.3 Å². The van der Waals surface area contributed by atoms with Crippen LogP contribution in [0.4, 0.5) is 27.3 Å². The number of anilines is 3. The van der Waals surface area contributed by atoms with Gasteiger partial charge in [0, 0.05) is 55.6 Å². The molecule has 1 saturated heterocycles. The summed E-state index contributed by atoms with van der Waals surface area (Å²) in [7, 11) is 0. The molecule has 0 radical (unpaired) electrons. The Morgan fingerprint density at radius 3 is 2.61 bits per heavy atom. The summed E-state index contributed by atoms with van der Waals surface area (Å²) < 4.78 is 22.5. The number of nitrogens with zero attached hydrogens (tertiary/aromatic N) is 5. The van der Waals surface area contributed by atoms with Crippen LogP contribution in [0, 0.1) is 19.3 Å². The fourth-order valence-corrected chi connectivity index (χ4v) is 4.40. The zero-order valence-electron chi connectivity index (χ0n) is 19.9. The van der Waals surface area contributed by atoms with Crippen molar-refractivity contribution in [2.75, 3.05) is 36.4 Å². The minimum Gasteiger partial charge on any atom is -0.446 e.